The van der Waals surface area contributed by atoms with Gasteiger partial charge in [-0.15, -0.1) is 0 Å². The van der Waals surface area contributed by atoms with Gasteiger partial charge in [-0.3, -0.25) is 4.79 Å². The van der Waals surface area contributed by atoms with Gasteiger partial charge in [0.25, 0.3) is 5.91 Å². The molecule has 0 aliphatic carbocycles. The normalized spacial score (nSPS) is 10.7. The molecule has 1 aromatic heterocycles. The van der Waals surface area contributed by atoms with Crippen LogP contribution in [0.4, 0.5) is 5.95 Å². The van der Waals surface area contributed by atoms with Crippen LogP contribution in [0.1, 0.15) is 30.6 Å². The predicted octanol–water partition coefficient (Wildman–Crippen LogP) is 1.32. The van der Waals surface area contributed by atoms with Gasteiger partial charge >= 0.3 is 0 Å². The molecule has 112 valence electrons. The van der Waals surface area contributed by atoms with E-state index in [2.05, 4.69) is 20.2 Å². The summed E-state index contributed by atoms with van der Waals surface area (Å²) in [6, 6.07) is 0. The van der Waals surface area contributed by atoms with Gasteiger partial charge in [0.05, 0.1) is 5.56 Å². The Hall–Kier alpha value is -1.69. The predicted molar refractivity (Wildman–Crippen MR) is 80.9 cm³/mol. The van der Waals surface area contributed by atoms with Gasteiger partial charge in [0, 0.05) is 32.0 Å². The molecule has 0 saturated heterocycles. The number of rotatable bonds is 8. The van der Waals surface area contributed by atoms with Crippen LogP contribution in [-0.4, -0.2) is 65.9 Å². The number of nitrogens with one attached hydrogen (secondary N) is 1. The first-order chi connectivity index (χ1) is 9.58. The number of hydrogen-bond donors (Lipinski definition) is 1. The topological polar surface area (TPSA) is 61.4 Å². The molecule has 1 aromatic rings. The van der Waals surface area contributed by atoms with Gasteiger partial charge in [-0.05, 0) is 40.9 Å². The Bertz CT molecular complexity index is 401. The van der Waals surface area contributed by atoms with Crippen molar-refractivity contribution in [1.29, 1.82) is 0 Å². The SMILES string of the molecule is CCN(CC)C(=O)c1cnc(NCCCN(C)C)nc1. The standard InChI is InChI=1S/C14H25N5O/c1-5-19(6-2)13(20)12-10-16-14(17-11-12)15-8-7-9-18(3)4/h10-11H,5-9H2,1-4H3,(H,15,16,17). The monoisotopic (exact) mass is 279 g/mol. The fraction of sp³-hybridized carbons (Fsp3) is 0.643. The summed E-state index contributed by atoms with van der Waals surface area (Å²) in [4.78, 5) is 24.3. The second kappa shape index (κ2) is 8.47. The van der Waals surface area contributed by atoms with Crippen molar-refractivity contribution in [3.8, 4) is 0 Å². The molecule has 1 rings (SSSR count). The maximum absolute atomic E-state index is 12.1. The molecule has 0 aromatic carbocycles. The highest BCUT2D eigenvalue weighted by Crippen LogP contribution is 2.04. The number of carbonyl (C=O) groups is 1. The summed E-state index contributed by atoms with van der Waals surface area (Å²) in [6.07, 6.45) is 4.19. The highest BCUT2D eigenvalue weighted by Gasteiger charge is 2.13. The smallest absolute Gasteiger partial charge is 0.256 e. The van der Waals surface area contributed by atoms with Crippen molar-refractivity contribution in [1.82, 2.24) is 19.8 Å². The number of anilines is 1. The fourth-order valence-corrected chi connectivity index (χ4v) is 1.82. The zero-order valence-electron chi connectivity index (χ0n) is 12.9. The minimum atomic E-state index is -0.0193. The van der Waals surface area contributed by atoms with Crippen molar-refractivity contribution in [2.75, 3.05) is 45.6 Å². The minimum Gasteiger partial charge on any atom is -0.354 e. The first-order valence-electron chi connectivity index (χ1n) is 7.08. The van der Waals surface area contributed by atoms with Gasteiger partial charge in [0.1, 0.15) is 0 Å². The van der Waals surface area contributed by atoms with Crippen LogP contribution in [-0.2, 0) is 0 Å². The number of carbonyl (C=O) groups excluding carboxylic acids is 1. The molecule has 1 amide bonds. The van der Waals surface area contributed by atoms with E-state index < -0.39 is 0 Å². The molecule has 6 heteroatoms. The van der Waals surface area contributed by atoms with Crippen LogP contribution in [0.25, 0.3) is 0 Å². The van der Waals surface area contributed by atoms with Gasteiger partial charge < -0.3 is 15.1 Å². The summed E-state index contributed by atoms with van der Waals surface area (Å²) in [6.45, 7) is 7.15. The van der Waals surface area contributed by atoms with Gasteiger partial charge in [-0.2, -0.15) is 0 Å². The highest BCUT2D eigenvalue weighted by atomic mass is 16.2. The number of hydrogen-bond acceptors (Lipinski definition) is 5. The number of amides is 1. The van der Waals surface area contributed by atoms with E-state index in [4.69, 9.17) is 0 Å². The lowest BCUT2D eigenvalue weighted by molar-refractivity contribution is 0.0772. The van der Waals surface area contributed by atoms with E-state index >= 15 is 0 Å². The maximum atomic E-state index is 12.1. The summed E-state index contributed by atoms with van der Waals surface area (Å²) < 4.78 is 0. The molecule has 0 aliphatic rings. The molecule has 1 heterocycles. The maximum Gasteiger partial charge on any atom is 0.256 e. The van der Waals surface area contributed by atoms with E-state index in [0.29, 0.717) is 24.6 Å². The van der Waals surface area contributed by atoms with Crippen LogP contribution in [0.2, 0.25) is 0 Å². The van der Waals surface area contributed by atoms with Crippen LogP contribution in [0.3, 0.4) is 0 Å². The molecule has 0 fully saturated rings. The Balaban J connectivity index is 2.49. The molecule has 0 saturated carbocycles. The Kier molecular flexibility index (Phi) is 6.93. The van der Waals surface area contributed by atoms with Crippen LogP contribution in [0, 0.1) is 0 Å². The quantitative estimate of drug-likeness (QED) is 0.727. The van der Waals surface area contributed by atoms with Crippen LogP contribution in [0.5, 0.6) is 0 Å². The molecule has 0 spiro atoms. The fourth-order valence-electron chi connectivity index (χ4n) is 1.82. The third kappa shape index (κ3) is 5.13. The molecule has 0 unspecified atom stereocenters. The molecule has 20 heavy (non-hydrogen) atoms. The zero-order chi connectivity index (χ0) is 15.0. The Labute approximate surface area is 121 Å². The summed E-state index contributed by atoms with van der Waals surface area (Å²) >= 11 is 0. The van der Waals surface area contributed by atoms with E-state index in [1.165, 1.54) is 0 Å². The minimum absolute atomic E-state index is 0.0193. The number of aromatic nitrogens is 2. The third-order valence-electron chi connectivity index (χ3n) is 3.01. The van der Waals surface area contributed by atoms with Crippen molar-refractivity contribution >= 4 is 11.9 Å². The molecule has 1 N–H and O–H groups in total. The van der Waals surface area contributed by atoms with E-state index in [-0.39, 0.29) is 5.91 Å². The average molecular weight is 279 g/mol. The molecular formula is C14H25N5O. The Morgan fingerprint density at radius 1 is 1.20 bits per heavy atom. The summed E-state index contributed by atoms with van der Waals surface area (Å²) in [5.41, 5.74) is 0.535. The van der Waals surface area contributed by atoms with E-state index in [1.807, 2.05) is 27.9 Å². The van der Waals surface area contributed by atoms with E-state index in [0.717, 1.165) is 19.5 Å². The second-order valence-corrected chi connectivity index (χ2v) is 4.86. The lowest BCUT2D eigenvalue weighted by Gasteiger charge is -2.18. The molecular weight excluding hydrogens is 254 g/mol. The molecule has 0 atom stereocenters. The first kappa shape index (κ1) is 16.4. The lowest BCUT2D eigenvalue weighted by atomic mass is 10.3. The Morgan fingerprint density at radius 2 is 1.80 bits per heavy atom. The van der Waals surface area contributed by atoms with Crippen molar-refractivity contribution in [3.05, 3.63) is 18.0 Å². The lowest BCUT2D eigenvalue weighted by Crippen LogP contribution is -2.30. The van der Waals surface area contributed by atoms with Gasteiger partial charge in [-0.1, -0.05) is 0 Å². The highest BCUT2D eigenvalue weighted by molar-refractivity contribution is 5.93. The first-order valence-corrected chi connectivity index (χ1v) is 7.08. The van der Waals surface area contributed by atoms with Crippen LogP contribution < -0.4 is 5.32 Å². The van der Waals surface area contributed by atoms with Crippen LogP contribution >= 0.6 is 0 Å². The third-order valence-corrected chi connectivity index (χ3v) is 3.01. The average Bonchev–Trinajstić information content (AvgIpc) is 2.45. The summed E-state index contributed by atoms with van der Waals surface area (Å²) in [7, 11) is 4.09. The zero-order valence-corrected chi connectivity index (χ0v) is 12.9. The van der Waals surface area contributed by atoms with E-state index in [1.54, 1.807) is 17.3 Å². The van der Waals surface area contributed by atoms with Crippen LogP contribution in [0.15, 0.2) is 12.4 Å². The number of nitrogens with zero attached hydrogens (tertiary/aromatic N) is 4. The second-order valence-electron chi connectivity index (χ2n) is 4.86. The molecule has 6 nitrogen and oxygen atoms in total. The van der Waals surface area contributed by atoms with Gasteiger partial charge in [-0.25, -0.2) is 9.97 Å². The summed E-state index contributed by atoms with van der Waals surface area (Å²) in [5.74, 6) is 0.550. The molecule has 0 radical (unpaired) electrons. The van der Waals surface area contributed by atoms with Gasteiger partial charge in [0.2, 0.25) is 5.95 Å². The van der Waals surface area contributed by atoms with E-state index in [9.17, 15) is 4.79 Å². The largest absolute Gasteiger partial charge is 0.354 e. The van der Waals surface area contributed by atoms with Crippen molar-refractivity contribution in [2.45, 2.75) is 20.3 Å². The molecule has 0 bridgehead atoms. The summed E-state index contributed by atoms with van der Waals surface area (Å²) in [5, 5.41) is 3.15. The van der Waals surface area contributed by atoms with Crippen molar-refractivity contribution in [2.24, 2.45) is 0 Å². The van der Waals surface area contributed by atoms with Gasteiger partial charge in [0.15, 0.2) is 0 Å². The Morgan fingerprint density at radius 3 is 2.30 bits per heavy atom. The van der Waals surface area contributed by atoms with Crippen molar-refractivity contribution < 1.29 is 4.79 Å². The molecule has 0 aliphatic heterocycles. The van der Waals surface area contributed by atoms with Crippen molar-refractivity contribution in [3.63, 3.8) is 0 Å².